The minimum atomic E-state index is -0.558. The first-order chi connectivity index (χ1) is 15.7. The maximum absolute atomic E-state index is 12.8. The molecular weight excluding hydrogens is 426 g/mol. The number of aromatic nitrogens is 1. The number of anilines is 1. The lowest BCUT2D eigenvalue weighted by atomic mass is 10.1. The van der Waals surface area contributed by atoms with Crippen LogP contribution in [-0.4, -0.2) is 74.6 Å². The van der Waals surface area contributed by atoms with E-state index in [0.717, 1.165) is 11.8 Å². The number of nitrogens with zero attached hydrogens (tertiary/aromatic N) is 3. The summed E-state index contributed by atoms with van der Waals surface area (Å²) in [4.78, 5) is 33.7. The van der Waals surface area contributed by atoms with Crippen molar-refractivity contribution in [2.75, 3.05) is 51.9 Å². The van der Waals surface area contributed by atoms with Crippen molar-refractivity contribution < 1.29 is 28.5 Å². The van der Waals surface area contributed by atoms with E-state index in [4.69, 9.17) is 18.9 Å². The van der Waals surface area contributed by atoms with E-state index in [1.54, 1.807) is 32.1 Å². The van der Waals surface area contributed by atoms with E-state index in [1.165, 1.54) is 6.20 Å². The fourth-order valence-electron chi connectivity index (χ4n) is 3.85. The molecule has 1 fully saturated rings. The second-order valence-corrected chi connectivity index (χ2v) is 8.77. The zero-order chi connectivity index (χ0) is 24.2. The number of fused-ring (bicyclic) bond motifs is 1. The zero-order valence-corrected chi connectivity index (χ0v) is 20.3. The molecule has 0 atom stereocenters. The third kappa shape index (κ3) is 5.58. The van der Waals surface area contributed by atoms with Crippen molar-refractivity contribution in [1.29, 1.82) is 0 Å². The van der Waals surface area contributed by atoms with Crippen LogP contribution in [0.4, 0.5) is 10.5 Å². The highest BCUT2D eigenvalue weighted by atomic mass is 16.6. The van der Waals surface area contributed by atoms with Crippen molar-refractivity contribution in [3.63, 3.8) is 0 Å². The summed E-state index contributed by atoms with van der Waals surface area (Å²) in [7, 11) is 3.13. The van der Waals surface area contributed by atoms with Gasteiger partial charge in [0.25, 0.3) is 0 Å². The summed E-state index contributed by atoms with van der Waals surface area (Å²) in [6, 6.07) is 3.62. The second kappa shape index (κ2) is 10.1. The molecule has 0 bridgehead atoms. The summed E-state index contributed by atoms with van der Waals surface area (Å²) in [5, 5.41) is 0.754. The molecule has 1 amide bonds. The Morgan fingerprint density at radius 2 is 1.73 bits per heavy atom. The number of hydrogen-bond acceptors (Lipinski definition) is 8. The van der Waals surface area contributed by atoms with Crippen LogP contribution in [0.2, 0.25) is 0 Å². The SMILES string of the molecule is CCOC(=O)c1cnc2cc(OC)c(OC)cc2c1N1CCCN(C(=O)OC(C)(C)C)CC1. The molecule has 0 radical (unpaired) electrons. The topological polar surface area (TPSA) is 90.4 Å². The van der Waals surface area contributed by atoms with Gasteiger partial charge in [-0.1, -0.05) is 0 Å². The van der Waals surface area contributed by atoms with Gasteiger partial charge >= 0.3 is 12.1 Å². The van der Waals surface area contributed by atoms with E-state index in [9.17, 15) is 9.59 Å². The number of carbonyl (C=O) groups excluding carboxylic acids is 2. The van der Waals surface area contributed by atoms with Crippen LogP contribution in [0.1, 0.15) is 44.5 Å². The Bertz CT molecular complexity index is 1020. The molecule has 33 heavy (non-hydrogen) atoms. The maximum atomic E-state index is 12.8. The summed E-state index contributed by atoms with van der Waals surface area (Å²) >= 11 is 0. The normalized spacial score (nSPS) is 14.6. The van der Waals surface area contributed by atoms with Crippen molar-refractivity contribution >= 4 is 28.7 Å². The zero-order valence-electron chi connectivity index (χ0n) is 20.3. The molecule has 3 rings (SSSR count). The van der Waals surface area contributed by atoms with Crippen molar-refractivity contribution in [3.05, 3.63) is 23.9 Å². The van der Waals surface area contributed by atoms with Gasteiger partial charge in [-0.15, -0.1) is 0 Å². The minimum absolute atomic E-state index is 0.259. The summed E-state index contributed by atoms with van der Waals surface area (Å²) < 4.78 is 21.8. The van der Waals surface area contributed by atoms with Crippen molar-refractivity contribution in [1.82, 2.24) is 9.88 Å². The van der Waals surface area contributed by atoms with Crippen LogP contribution in [0.3, 0.4) is 0 Å². The van der Waals surface area contributed by atoms with E-state index in [0.29, 0.717) is 54.4 Å². The highest BCUT2D eigenvalue weighted by Gasteiger charge is 2.28. The molecule has 2 heterocycles. The number of esters is 1. The Balaban J connectivity index is 2.02. The number of pyridine rings is 1. The quantitative estimate of drug-likeness (QED) is 0.623. The van der Waals surface area contributed by atoms with E-state index in [2.05, 4.69) is 9.88 Å². The van der Waals surface area contributed by atoms with Gasteiger partial charge in [-0.25, -0.2) is 9.59 Å². The number of rotatable bonds is 5. The van der Waals surface area contributed by atoms with E-state index >= 15 is 0 Å². The number of carbonyl (C=O) groups is 2. The Labute approximate surface area is 194 Å². The van der Waals surface area contributed by atoms with Gasteiger partial charge in [0.2, 0.25) is 0 Å². The summed E-state index contributed by atoms with van der Waals surface area (Å²) in [6.45, 7) is 9.80. The van der Waals surface area contributed by atoms with Crippen molar-refractivity contribution in [3.8, 4) is 11.5 Å². The molecular formula is C24H33N3O6. The van der Waals surface area contributed by atoms with Crippen molar-refractivity contribution in [2.45, 2.75) is 39.7 Å². The Morgan fingerprint density at radius 1 is 1.03 bits per heavy atom. The van der Waals surface area contributed by atoms with Gasteiger partial charge in [0.15, 0.2) is 11.5 Å². The number of hydrogen-bond donors (Lipinski definition) is 0. The van der Waals surface area contributed by atoms with Crippen molar-refractivity contribution in [2.24, 2.45) is 0 Å². The van der Waals surface area contributed by atoms with E-state index in [1.807, 2.05) is 26.8 Å². The van der Waals surface area contributed by atoms with Gasteiger partial charge in [-0.05, 0) is 40.2 Å². The molecule has 180 valence electrons. The lowest BCUT2D eigenvalue weighted by Crippen LogP contribution is -2.39. The molecule has 9 heteroatoms. The molecule has 0 aliphatic carbocycles. The van der Waals surface area contributed by atoms with Crippen LogP contribution in [0.25, 0.3) is 10.9 Å². The van der Waals surface area contributed by atoms with Crippen LogP contribution < -0.4 is 14.4 Å². The lowest BCUT2D eigenvalue weighted by molar-refractivity contribution is 0.0263. The highest BCUT2D eigenvalue weighted by molar-refractivity contribution is 6.06. The number of methoxy groups -OCH3 is 2. The molecule has 1 aromatic carbocycles. The molecule has 1 aromatic heterocycles. The third-order valence-corrected chi connectivity index (χ3v) is 5.30. The molecule has 0 spiro atoms. The van der Waals surface area contributed by atoms with Gasteiger partial charge in [0.05, 0.1) is 32.0 Å². The van der Waals surface area contributed by atoms with Crippen LogP contribution in [-0.2, 0) is 9.47 Å². The van der Waals surface area contributed by atoms with Gasteiger partial charge < -0.3 is 28.7 Å². The first kappa shape index (κ1) is 24.4. The fourth-order valence-corrected chi connectivity index (χ4v) is 3.85. The molecule has 1 aliphatic rings. The predicted molar refractivity (Wildman–Crippen MR) is 125 cm³/mol. The van der Waals surface area contributed by atoms with Gasteiger partial charge in [-0.2, -0.15) is 0 Å². The van der Waals surface area contributed by atoms with Gasteiger partial charge in [-0.3, -0.25) is 4.98 Å². The first-order valence-corrected chi connectivity index (χ1v) is 11.1. The molecule has 1 saturated heterocycles. The minimum Gasteiger partial charge on any atom is -0.493 e. The van der Waals surface area contributed by atoms with Gasteiger partial charge in [0, 0.05) is 43.8 Å². The predicted octanol–water partition coefficient (Wildman–Crippen LogP) is 3.88. The Kier molecular flexibility index (Phi) is 7.50. The average Bonchev–Trinajstić information content (AvgIpc) is 3.02. The number of benzene rings is 1. The van der Waals surface area contributed by atoms with Crippen LogP contribution >= 0.6 is 0 Å². The largest absolute Gasteiger partial charge is 0.493 e. The average molecular weight is 460 g/mol. The number of amides is 1. The molecule has 0 saturated carbocycles. The highest BCUT2D eigenvalue weighted by Crippen LogP contribution is 2.38. The van der Waals surface area contributed by atoms with E-state index < -0.39 is 11.6 Å². The maximum Gasteiger partial charge on any atom is 0.410 e. The van der Waals surface area contributed by atoms with Crippen LogP contribution in [0, 0.1) is 0 Å². The monoisotopic (exact) mass is 459 g/mol. The molecule has 1 aliphatic heterocycles. The summed E-state index contributed by atoms with van der Waals surface area (Å²) in [6.07, 6.45) is 1.93. The second-order valence-electron chi connectivity index (χ2n) is 8.77. The first-order valence-electron chi connectivity index (χ1n) is 11.1. The number of ether oxygens (including phenoxy) is 4. The van der Waals surface area contributed by atoms with Crippen LogP contribution in [0.5, 0.6) is 11.5 Å². The molecule has 0 unspecified atom stereocenters. The standard InChI is InChI=1S/C24H33N3O6/c1-7-32-22(28)17-15-25-18-14-20(31-6)19(30-5)13-16(18)21(17)26-9-8-10-27(12-11-26)23(29)33-24(2,3)4/h13-15H,7-12H2,1-6H3. The smallest absolute Gasteiger partial charge is 0.410 e. The van der Waals surface area contributed by atoms with E-state index in [-0.39, 0.29) is 12.7 Å². The third-order valence-electron chi connectivity index (χ3n) is 5.30. The lowest BCUT2D eigenvalue weighted by Gasteiger charge is -2.28. The van der Waals surface area contributed by atoms with Crippen LogP contribution in [0.15, 0.2) is 18.3 Å². The Morgan fingerprint density at radius 3 is 2.36 bits per heavy atom. The Hall–Kier alpha value is -3.23. The van der Waals surface area contributed by atoms with Gasteiger partial charge in [0.1, 0.15) is 11.2 Å². The molecule has 0 N–H and O–H groups in total. The summed E-state index contributed by atoms with van der Waals surface area (Å²) in [5.41, 5.74) is 1.20. The molecule has 9 nitrogen and oxygen atoms in total. The summed E-state index contributed by atoms with van der Waals surface area (Å²) in [5.74, 6) is 0.656. The molecule has 2 aromatic rings. The fraction of sp³-hybridized carbons (Fsp3) is 0.542.